The third-order valence-electron chi connectivity index (χ3n) is 5.04. The molecule has 0 aliphatic carbocycles. The van der Waals surface area contributed by atoms with Crippen LogP contribution >= 0.6 is 0 Å². The van der Waals surface area contributed by atoms with E-state index in [1.165, 1.54) is 5.56 Å². The summed E-state index contributed by atoms with van der Waals surface area (Å²) >= 11 is 0. The van der Waals surface area contributed by atoms with Crippen molar-refractivity contribution in [2.45, 2.75) is 26.3 Å². The normalized spacial score (nSPS) is 13.0. The maximum atomic E-state index is 12.7. The van der Waals surface area contributed by atoms with E-state index in [0.717, 1.165) is 42.1 Å². The molecule has 0 bridgehead atoms. The van der Waals surface area contributed by atoms with Crippen molar-refractivity contribution in [1.29, 1.82) is 0 Å². The number of nitrogens with one attached hydrogen (secondary N) is 1. The Morgan fingerprint density at radius 2 is 1.93 bits per heavy atom. The van der Waals surface area contributed by atoms with Crippen molar-refractivity contribution in [3.8, 4) is 5.75 Å². The Balaban J connectivity index is 1.53. The number of aromatic nitrogens is 2. The van der Waals surface area contributed by atoms with E-state index < -0.39 is 0 Å². The van der Waals surface area contributed by atoms with Crippen LogP contribution in [0.15, 0.2) is 54.6 Å². The van der Waals surface area contributed by atoms with Gasteiger partial charge in [0.1, 0.15) is 11.4 Å². The first-order valence-corrected chi connectivity index (χ1v) is 9.76. The zero-order valence-corrected chi connectivity index (χ0v) is 16.7. The quantitative estimate of drug-likeness (QED) is 0.720. The molecule has 4 rings (SSSR count). The van der Waals surface area contributed by atoms with Crippen LogP contribution in [0.2, 0.25) is 0 Å². The van der Waals surface area contributed by atoms with E-state index in [9.17, 15) is 4.79 Å². The molecule has 6 heteroatoms. The van der Waals surface area contributed by atoms with Gasteiger partial charge in [0.25, 0.3) is 5.91 Å². The van der Waals surface area contributed by atoms with Gasteiger partial charge in [-0.15, -0.1) is 0 Å². The second-order valence-corrected chi connectivity index (χ2v) is 7.11. The molecular formula is C23H24N4O2. The molecule has 1 N–H and O–H groups in total. The van der Waals surface area contributed by atoms with Gasteiger partial charge in [0.2, 0.25) is 5.95 Å². The van der Waals surface area contributed by atoms with Crippen LogP contribution in [0.25, 0.3) is 0 Å². The molecule has 0 unspecified atom stereocenters. The molecule has 1 amide bonds. The molecule has 1 aliphatic rings. The zero-order valence-electron chi connectivity index (χ0n) is 16.7. The van der Waals surface area contributed by atoms with Gasteiger partial charge in [0.15, 0.2) is 0 Å². The van der Waals surface area contributed by atoms with Crippen molar-refractivity contribution in [2.75, 3.05) is 18.6 Å². The number of nitrogens with zero attached hydrogens (tertiary/aromatic N) is 3. The maximum Gasteiger partial charge on any atom is 0.270 e. The number of carbonyl (C=O) groups excluding carboxylic acids is 1. The van der Waals surface area contributed by atoms with Gasteiger partial charge in [0, 0.05) is 24.5 Å². The second-order valence-electron chi connectivity index (χ2n) is 7.11. The minimum absolute atomic E-state index is 0.210. The van der Waals surface area contributed by atoms with Gasteiger partial charge in [-0.25, -0.2) is 9.97 Å². The van der Waals surface area contributed by atoms with Crippen LogP contribution in [-0.4, -0.2) is 29.5 Å². The smallest absolute Gasteiger partial charge is 0.270 e. The summed E-state index contributed by atoms with van der Waals surface area (Å²) in [5.41, 5.74) is 4.55. The first-order chi connectivity index (χ1) is 14.1. The van der Waals surface area contributed by atoms with Crippen molar-refractivity contribution < 1.29 is 9.53 Å². The van der Waals surface area contributed by atoms with Gasteiger partial charge in [0.05, 0.1) is 7.11 Å². The van der Waals surface area contributed by atoms with Crippen LogP contribution in [0.1, 0.15) is 33.7 Å². The van der Waals surface area contributed by atoms with E-state index >= 15 is 0 Å². The van der Waals surface area contributed by atoms with Crippen molar-refractivity contribution in [3.05, 3.63) is 77.1 Å². The SMILES string of the molecule is COc1ccc(CNC(=O)c2cc(C)nc(N3CCCc4ccccc43)n2)cc1. The highest BCUT2D eigenvalue weighted by Gasteiger charge is 2.21. The van der Waals surface area contributed by atoms with Crippen molar-refractivity contribution >= 4 is 17.5 Å². The number of carbonyl (C=O) groups is 1. The van der Waals surface area contributed by atoms with Gasteiger partial charge in [-0.1, -0.05) is 30.3 Å². The molecule has 6 nitrogen and oxygen atoms in total. The third-order valence-corrected chi connectivity index (χ3v) is 5.04. The standard InChI is InChI=1S/C23H24N4O2/c1-16-14-20(22(28)24-15-17-9-11-19(29-2)12-10-17)26-23(25-16)27-13-5-7-18-6-3-4-8-21(18)27/h3-4,6,8-12,14H,5,7,13,15H2,1-2H3,(H,24,28). The van der Waals surface area contributed by atoms with E-state index in [1.54, 1.807) is 13.2 Å². The number of fused-ring (bicyclic) bond motifs is 1. The lowest BCUT2D eigenvalue weighted by Gasteiger charge is -2.29. The number of rotatable bonds is 5. The van der Waals surface area contributed by atoms with Gasteiger partial charge < -0.3 is 15.0 Å². The van der Waals surface area contributed by atoms with Crippen LogP contribution in [0.4, 0.5) is 11.6 Å². The number of aryl methyl sites for hydroxylation is 2. The molecule has 0 saturated heterocycles. The lowest BCUT2D eigenvalue weighted by molar-refractivity contribution is 0.0945. The molecule has 2 heterocycles. The van der Waals surface area contributed by atoms with Crippen molar-refractivity contribution in [2.24, 2.45) is 0 Å². The lowest BCUT2D eigenvalue weighted by Crippen LogP contribution is -2.29. The van der Waals surface area contributed by atoms with Crippen LogP contribution < -0.4 is 15.0 Å². The van der Waals surface area contributed by atoms with Crippen LogP contribution in [0, 0.1) is 6.92 Å². The molecule has 0 spiro atoms. The summed E-state index contributed by atoms with van der Waals surface area (Å²) < 4.78 is 5.16. The van der Waals surface area contributed by atoms with E-state index in [-0.39, 0.29) is 5.91 Å². The van der Waals surface area contributed by atoms with Gasteiger partial charge >= 0.3 is 0 Å². The Hall–Kier alpha value is -3.41. The molecule has 0 fully saturated rings. The Labute approximate surface area is 170 Å². The van der Waals surface area contributed by atoms with Gasteiger partial charge in [-0.2, -0.15) is 0 Å². The molecule has 29 heavy (non-hydrogen) atoms. The monoisotopic (exact) mass is 388 g/mol. The highest BCUT2D eigenvalue weighted by atomic mass is 16.5. The van der Waals surface area contributed by atoms with Gasteiger partial charge in [-0.05, 0) is 55.2 Å². The number of hydrogen-bond donors (Lipinski definition) is 1. The van der Waals surface area contributed by atoms with Crippen LogP contribution in [-0.2, 0) is 13.0 Å². The Morgan fingerprint density at radius 1 is 1.14 bits per heavy atom. The molecule has 0 saturated carbocycles. The maximum absolute atomic E-state index is 12.7. The van der Waals surface area contributed by atoms with Crippen LogP contribution in [0.5, 0.6) is 5.75 Å². The summed E-state index contributed by atoms with van der Waals surface area (Å²) in [5, 5.41) is 2.94. The lowest BCUT2D eigenvalue weighted by atomic mass is 10.0. The number of amides is 1. The predicted molar refractivity (Wildman–Crippen MR) is 113 cm³/mol. The average Bonchev–Trinajstić information content (AvgIpc) is 2.77. The topological polar surface area (TPSA) is 67.3 Å². The fourth-order valence-electron chi connectivity index (χ4n) is 3.55. The summed E-state index contributed by atoms with van der Waals surface area (Å²) in [7, 11) is 1.63. The van der Waals surface area contributed by atoms with E-state index in [1.807, 2.05) is 37.3 Å². The summed E-state index contributed by atoms with van der Waals surface area (Å²) in [6.07, 6.45) is 2.08. The number of para-hydroxylation sites is 1. The fraction of sp³-hybridized carbons (Fsp3) is 0.261. The number of benzene rings is 2. The van der Waals surface area contributed by atoms with E-state index in [0.29, 0.717) is 18.2 Å². The molecule has 1 aromatic heterocycles. The minimum atomic E-state index is -0.210. The fourth-order valence-corrected chi connectivity index (χ4v) is 3.55. The second kappa shape index (κ2) is 8.31. The highest BCUT2D eigenvalue weighted by Crippen LogP contribution is 2.31. The molecular weight excluding hydrogens is 364 g/mol. The zero-order chi connectivity index (χ0) is 20.2. The van der Waals surface area contributed by atoms with Crippen molar-refractivity contribution in [3.63, 3.8) is 0 Å². The Morgan fingerprint density at radius 3 is 2.72 bits per heavy atom. The number of hydrogen-bond acceptors (Lipinski definition) is 5. The summed E-state index contributed by atoms with van der Waals surface area (Å²) in [4.78, 5) is 24.0. The number of ether oxygens (including phenoxy) is 1. The van der Waals surface area contributed by atoms with Crippen LogP contribution in [0.3, 0.4) is 0 Å². The highest BCUT2D eigenvalue weighted by molar-refractivity contribution is 5.92. The summed E-state index contributed by atoms with van der Waals surface area (Å²) in [6.45, 7) is 3.16. The number of methoxy groups -OCH3 is 1. The summed E-state index contributed by atoms with van der Waals surface area (Å²) in [6, 6.07) is 17.6. The van der Waals surface area contributed by atoms with E-state index in [2.05, 4.69) is 38.4 Å². The van der Waals surface area contributed by atoms with Crippen molar-refractivity contribution in [1.82, 2.24) is 15.3 Å². The van der Waals surface area contributed by atoms with E-state index in [4.69, 9.17) is 4.74 Å². The number of anilines is 2. The minimum Gasteiger partial charge on any atom is -0.497 e. The Kier molecular flexibility index (Phi) is 5.42. The summed E-state index contributed by atoms with van der Waals surface area (Å²) in [5.74, 6) is 1.16. The molecule has 2 aromatic carbocycles. The Bertz CT molecular complexity index is 1020. The predicted octanol–water partition coefficient (Wildman–Crippen LogP) is 3.81. The molecule has 148 valence electrons. The molecule has 0 radical (unpaired) electrons. The first kappa shape index (κ1) is 18.9. The molecule has 1 aliphatic heterocycles. The largest absolute Gasteiger partial charge is 0.497 e. The third kappa shape index (κ3) is 4.21. The average molecular weight is 388 g/mol. The first-order valence-electron chi connectivity index (χ1n) is 9.76. The van der Waals surface area contributed by atoms with Gasteiger partial charge in [-0.3, -0.25) is 4.79 Å². The molecule has 0 atom stereocenters. The molecule has 3 aromatic rings.